The number of anilines is 2. The molecule has 1 atom stereocenters. The van der Waals surface area contributed by atoms with E-state index in [1.54, 1.807) is 0 Å². The number of likely N-dealkylation sites (N-methyl/N-ethyl adjacent to an activating group) is 1. The fourth-order valence-electron chi connectivity index (χ4n) is 2.81. The molecule has 1 saturated heterocycles. The molecule has 0 spiro atoms. The lowest BCUT2D eigenvalue weighted by atomic mass is 10.0. The number of nitrogens with one attached hydrogen (secondary N) is 1. The van der Waals surface area contributed by atoms with Crippen LogP contribution in [0.3, 0.4) is 0 Å². The number of fused-ring (bicyclic) bond motifs is 1. The van der Waals surface area contributed by atoms with Crippen molar-refractivity contribution in [2.24, 2.45) is 0 Å². The van der Waals surface area contributed by atoms with Gasteiger partial charge in [0, 0.05) is 20.2 Å². The van der Waals surface area contributed by atoms with Gasteiger partial charge < -0.3 is 15.0 Å². The SMILES string of the molecule is CN(c1cccc2c1NCCC2)C1CCOC1. The normalized spacial score (nSPS) is 23.0. The summed E-state index contributed by atoms with van der Waals surface area (Å²) in [6, 6.07) is 7.16. The summed E-state index contributed by atoms with van der Waals surface area (Å²) in [6.45, 7) is 2.86. The summed E-state index contributed by atoms with van der Waals surface area (Å²) in [5.74, 6) is 0. The Kier molecular flexibility index (Phi) is 2.93. The van der Waals surface area contributed by atoms with Crippen LogP contribution in [-0.2, 0) is 11.2 Å². The van der Waals surface area contributed by atoms with Gasteiger partial charge in [-0.3, -0.25) is 0 Å². The fraction of sp³-hybridized carbons (Fsp3) is 0.571. The highest BCUT2D eigenvalue weighted by atomic mass is 16.5. The van der Waals surface area contributed by atoms with E-state index in [9.17, 15) is 0 Å². The van der Waals surface area contributed by atoms with Crippen molar-refractivity contribution in [1.29, 1.82) is 0 Å². The molecular weight excluding hydrogens is 212 g/mol. The Labute approximate surface area is 103 Å². The number of aryl methyl sites for hydroxylation is 1. The number of hydrogen-bond acceptors (Lipinski definition) is 3. The minimum absolute atomic E-state index is 0.533. The van der Waals surface area contributed by atoms with Gasteiger partial charge in [-0.1, -0.05) is 12.1 Å². The third-order valence-corrected chi connectivity index (χ3v) is 3.89. The van der Waals surface area contributed by atoms with Crippen molar-refractivity contribution in [2.45, 2.75) is 25.3 Å². The van der Waals surface area contributed by atoms with E-state index < -0.39 is 0 Å². The Hall–Kier alpha value is -1.22. The zero-order chi connectivity index (χ0) is 11.7. The molecule has 0 saturated carbocycles. The Morgan fingerprint density at radius 2 is 2.35 bits per heavy atom. The van der Waals surface area contributed by atoms with Crippen LogP contribution >= 0.6 is 0 Å². The summed E-state index contributed by atoms with van der Waals surface area (Å²) in [5, 5.41) is 3.55. The summed E-state index contributed by atoms with van der Waals surface area (Å²) in [6.07, 6.45) is 3.58. The van der Waals surface area contributed by atoms with Crippen LogP contribution in [0.5, 0.6) is 0 Å². The lowest BCUT2D eigenvalue weighted by Crippen LogP contribution is -2.33. The molecule has 3 nitrogen and oxygen atoms in total. The van der Waals surface area contributed by atoms with E-state index in [1.807, 2.05) is 0 Å². The van der Waals surface area contributed by atoms with Crippen LogP contribution in [0.15, 0.2) is 18.2 Å². The predicted octanol–water partition coefficient (Wildman–Crippen LogP) is 2.27. The van der Waals surface area contributed by atoms with Crippen LogP contribution in [0.1, 0.15) is 18.4 Å². The van der Waals surface area contributed by atoms with Crippen molar-refractivity contribution in [3.8, 4) is 0 Å². The van der Waals surface area contributed by atoms with Gasteiger partial charge in [-0.15, -0.1) is 0 Å². The van der Waals surface area contributed by atoms with E-state index in [0.29, 0.717) is 6.04 Å². The van der Waals surface area contributed by atoms with Gasteiger partial charge in [0.2, 0.25) is 0 Å². The minimum Gasteiger partial charge on any atom is -0.383 e. The fourth-order valence-corrected chi connectivity index (χ4v) is 2.81. The van der Waals surface area contributed by atoms with Crippen LogP contribution < -0.4 is 10.2 Å². The van der Waals surface area contributed by atoms with E-state index >= 15 is 0 Å². The smallest absolute Gasteiger partial charge is 0.0670 e. The molecule has 1 fully saturated rings. The first-order valence-corrected chi connectivity index (χ1v) is 6.52. The number of nitrogens with zero attached hydrogens (tertiary/aromatic N) is 1. The first-order valence-electron chi connectivity index (χ1n) is 6.52. The molecule has 2 heterocycles. The molecule has 0 aliphatic carbocycles. The van der Waals surface area contributed by atoms with Crippen LogP contribution in [0, 0.1) is 0 Å². The Morgan fingerprint density at radius 3 is 3.18 bits per heavy atom. The topological polar surface area (TPSA) is 24.5 Å². The molecule has 1 unspecified atom stereocenters. The molecule has 0 bridgehead atoms. The van der Waals surface area contributed by atoms with Gasteiger partial charge in [0.15, 0.2) is 0 Å². The van der Waals surface area contributed by atoms with Gasteiger partial charge in [0.05, 0.1) is 24.0 Å². The van der Waals surface area contributed by atoms with E-state index in [4.69, 9.17) is 4.74 Å². The van der Waals surface area contributed by atoms with Crippen molar-refractivity contribution in [2.75, 3.05) is 37.0 Å². The maximum absolute atomic E-state index is 5.48. The number of ether oxygens (including phenoxy) is 1. The molecular formula is C14H20N2O. The standard InChI is InChI=1S/C14H20N2O/c1-16(12-7-9-17-10-12)13-6-2-4-11-5-3-8-15-14(11)13/h2,4,6,12,15H,3,5,7-10H2,1H3. The van der Waals surface area contributed by atoms with E-state index in [1.165, 1.54) is 29.8 Å². The molecule has 0 aromatic heterocycles. The summed E-state index contributed by atoms with van der Waals surface area (Å²) >= 11 is 0. The van der Waals surface area contributed by atoms with Crippen LogP contribution in [0.2, 0.25) is 0 Å². The van der Waals surface area contributed by atoms with Crippen LogP contribution in [0.25, 0.3) is 0 Å². The summed E-state index contributed by atoms with van der Waals surface area (Å²) in [7, 11) is 2.19. The lowest BCUT2D eigenvalue weighted by molar-refractivity contribution is 0.193. The largest absolute Gasteiger partial charge is 0.383 e. The molecule has 1 aromatic carbocycles. The van der Waals surface area contributed by atoms with Crippen LogP contribution in [0.4, 0.5) is 11.4 Å². The van der Waals surface area contributed by atoms with Gasteiger partial charge in [-0.2, -0.15) is 0 Å². The average molecular weight is 232 g/mol. The maximum Gasteiger partial charge on any atom is 0.0670 e. The molecule has 0 amide bonds. The maximum atomic E-state index is 5.48. The van der Waals surface area contributed by atoms with Crippen molar-refractivity contribution in [3.63, 3.8) is 0 Å². The van der Waals surface area contributed by atoms with Gasteiger partial charge in [0.1, 0.15) is 0 Å². The zero-order valence-corrected chi connectivity index (χ0v) is 10.4. The van der Waals surface area contributed by atoms with E-state index in [2.05, 4.69) is 35.5 Å². The Balaban J connectivity index is 1.91. The molecule has 17 heavy (non-hydrogen) atoms. The predicted molar refractivity (Wildman–Crippen MR) is 70.9 cm³/mol. The van der Waals surface area contributed by atoms with Crippen molar-refractivity contribution >= 4 is 11.4 Å². The van der Waals surface area contributed by atoms with E-state index in [-0.39, 0.29) is 0 Å². The van der Waals surface area contributed by atoms with Gasteiger partial charge in [-0.25, -0.2) is 0 Å². The number of hydrogen-bond donors (Lipinski definition) is 1. The highest BCUT2D eigenvalue weighted by Gasteiger charge is 2.23. The lowest BCUT2D eigenvalue weighted by Gasteiger charge is -2.30. The quantitative estimate of drug-likeness (QED) is 0.846. The minimum atomic E-state index is 0.533. The molecule has 2 aliphatic heterocycles. The summed E-state index contributed by atoms with van der Waals surface area (Å²) in [4.78, 5) is 2.38. The molecule has 1 N–H and O–H groups in total. The monoisotopic (exact) mass is 232 g/mol. The molecule has 0 radical (unpaired) electrons. The van der Waals surface area contributed by atoms with Crippen molar-refractivity contribution < 1.29 is 4.74 Å². The van der Waals surface area contributed by atoms with Crippen LogP contribution in [-0.4, -0.2) is 32.8 Å². The van der Waals surface area contributed by atoms with Crippen molar-refractivity contribution in [3.05, 3.63) is 23.8 Å². The van der Waals surface area contributed by atoms with Gasteiger partial charge in [-0.05, 0) is 30.9 Å². The first kappa shape index (κ1) is 10.9. The third kappa shape index (κ3) is 2.00. The Morgan fingerprint density at radius 1 is 1.41 bits per heavy atom. The second kappa shape index (κ2) is 4.57. The number of benzene rings is 1. The summed E-state index contributed by atoms with van der Waals surface area (Å²) < 4.78 is 5.48. The Bertz CT molecular complexity index is 399. The molecule has 2 aliphatic rings. The van der Waals surface area contributed by atoms with Gasteiger partial charge in [0.25, 0.3) is 0 Å². The highest BCUT2D eigenvalue weighted by Crippen LogP contribution is 2.34. The second-order valence-electron chi connectivity index (χ2n) is 4.97. The molecule has 3 rings (SSSR count). The molecule has 3 heteroatoms. The number of para-hydroxylation sites is 1. The van der Waals surface area contributed by atoms with E-state index in [0.717, 1.165) is 26.2 Å². The zero-order valence-electron chi connectivity index (χ0n) is 10.4. The van der Waals surface area contributed by atoms with Crippen molar-refractivity contribution in [1.82, 2.24) is 0 Å². The van der Waals surface area contributed by atoms with Gasteiger partial charge >= 0.3 is 0 Å². The second-order valence-corrected chi connectivity index (χ2v) is 4.97. The third-order valence-electron chi connectivity index (χ3n) is 3.89. The highest BCUT2D eigenvalue weighted by molar-refractivity contribution is 5.74. The molecule has 92 valence electrons. The first-order chi connectivity index (χ1) is 8.36. The molecule has 1 aromatic rings. The number of rotatable bonds is 2. The summed E-state index contributed by atoms with van der Waals surface area (Å²) in [5.41, 5.74) is 4.13. The average Bonchev–Trinajstić information content (AvgIpc) is 2.91.